The van der Waals surface area contributed by atoms with E-state index in [0.29, 0.717) is 18.0 Å². The molecule has 0 aliphatic rings. The SMILES string of the molecule is CC(NCCCc1cc(Cl)ccc1O)C(N)=O. The number of nitrogens with one attached hydrogen (secondary N) is 1. The maximum absolute atomic E-state index is 10.8. The van der Waals surface area contributed by atoms with Gasteiger partial charge < -0.3 is 16.2 Å². The van der Waals surface area contributed by atoms with Crippen molar-refractivity contribution in [1.29, 1.82) is 0 Å². The first-order chi connectivity index (χ1) is 8.00. The first-order valence-corrected chi connectivity index (χ1v) is 5.88. The first kappa shape index (κ1) is 13.8. The van der Waals surface area contributed by atoms with E-state index in [1.807, 2.05) is 0 Å². The van der Waals surface area contributed by atoms with Crippen LogP contribution in [-0.2, 0) is 11.2 Å². The Balaban J connectivity index is 2.36. The predicted octanol–water partition coefficient (Wildman–Crippen LogP) is 1.44. The molecule has 0 saturated heterocycles. The second-order valence-corrected chi connectivity index (χ2v) is 4.39. The van der Waals surface area contributed by atoms with Gasteiger partial charge in [-0.3, -0.25) is 4.79 Å². The molecular weight excluding hydrogens is 240 g/mol. The maximum atomic E-state index is 10.8. The summed E-state index contributed by atoms with van der Waals surface area (Å²) in [5.41, 5.74) is 5.93. The molecule has 1 amide bonds. The number of aromatic hydroxyl groups is 1. The highest BCUT2D eigenvalue weighted by atomic mass is 35.5. The lowest BCUT2D eigenvalue weighted by molar-refractivity contribution is -0.119. The van der Waals surface area contributed by atoms with Crippen molar-refractivity contribution in [1.82, 2.24) is 5.32 Å². The molecule has 0 spiro atoms. The lowest BCUT2D eigenvalue weighted by atomic mass is 10.1. The number of halogens is 1. The summed E-state index contributed by atoms with van der Waals surface area (Å²) in [6.45, 7) is 2.38. The van der Waals surface area contributed by atoms with Gasteiger partial charge in [0.25, 0.3) is 0 Å². The summed E-state index contributed by atoms with van der Waals surface area (Å²) < 4.78 is 0. The van der Waals surface area contributed by atoms with Gasteiger partial charge in [0.15, 0.2) is 0 Å². The highest BCUT2D eigenvalue weighted by molar-refractivity contribution is 6.30. The van der Waals surface area contributed by atoms with Crippen molar-refractivity contribution >= 4 is 17.5 Å². The summed E-state index contributed by atoms with van der Waals surface area (Å²) in [5, 5.41) is 13.2. The molecule has 0 aromatic heterocycles. The molecule has 1 unspecified atom stereocenters. The Morgan fingerprint density at radius 2 is 2.29 bits per heavy atom. The van der Waals surface area contributed by atoms with Gasteiger partial charge >= 0.3 is 0 Å². The fraction of sp³-hybridized carbons (Fsp3) is 0.417. The summed E-state index contributed by atoms with van der Waals surface area (Å²) in [5.74, 6) is -0.118. The molecule has 94 valence electrons. The topological polar surface area (TPSA) is 75.3 Å². The number of aryl methyl sites for hydroxylation is 1. The molecule has 0 fully saturated rings. The van der Waals surface area contributed by atoms with E-state index in [2.05, 4.69) is 5.32 Å². The second kappa shape index (κ2) is 6.47. The molecule has 0 radical (unpaired) electrons. The highest BCUT2D eigenvalue weighted by Crippen LogP contribution is 2.22. The minimum atomic E-state index is -0.365. The predicted molar refractivity (Wildman–Crippen MR) is 68.1 cm³/mol. The second-order valence-electron chi connectivity index (χ2n) is 3.95. The van der Waals surface area contributed by atoms with Gasteiger partial charge in [0.1, 0.15) is 5.75 Å². The van der Waals surface area contributed by atoms with Crippen molar-refractivity contribution in [3.63, 3.8) is 0 Å². The van der Waals surface area contributed by atoms with Crippen LogP contribution in [0.25, 0.3) is 0 Å². The van der Waals surface area contributed by atoms with E-state index in [0.717, 1.165) is 12.0 Å². The van der Waals surface area contributed by atoms with Crippen molar-refractivity contribution in [3.8, 4) is 5.75 Å². The van der Waals surface area contributed by atoms with Crippen LogP contribution < -0.4 is 11.1 Å². The molecule has 4 nitrogen and oxygen atoms in total. The lowest BCUT2D eigenvalue weighted by Crippen LogP contribution is -2.39. The normalized spacial score (nSPS) is 12.4. The van der Waals surface area contributed by atoms with E-state index in [1.54, 1.807) is 25.1 Å². The fourth-order valence-electron chi connectivity index (χ4n) is 1.45. The number of hydrogen-bond acceptors (Lipinski definition) is 3. The number of primary amides is 1. The number of benzene rings is 1. The van der Waals surface area contributed by atoms with Crippen molar-refractivity contribution in [2.24, 2.45) is 5.73 Å². The summed E-state index contributed by atoms with van der Waals surface area (Å²) in [4.78, 5) is 10.8. The molecule has 0 saturated carbocycles. The Morgan fingerprint density at radius 3 is 2.94 bits per heavy atom. The molecule has 1 rings (SSSR count). The van der Waals surface area contributed by atoms with Gasteiger partial charge in [-0.25, -0.2) is 0 Å². The quantitative estimate of drug-likeness (QED) is 0.674. The Bertz CT molecular complexity index is 396. The van der Waals surface area contributed by atoms with E-state index in [1.165, 1.54) is 0 Å². The standard InChI is InChI=1S/C12H17ClN2O2/c1-8(12(14)17)15-6-2-3-9-7-10(13)4-5-11(9)16/h4-5,7-8,15-16H,2-3,6H2,1H3,(H2,14,17). The summed E-state index contributed by atoms with van der Waals surface area (Å²) >= 11 is 5.83. The number of hydrogen-bond donors (Lipinski definition) is 3. The molecule has 5 heteroatoms. The van der Waals surface area contributed by atoms with Gasteiger partial charge in [-0.15, -0.1) is 0 Å². The van der Waals surface area contributed by atoms with Gasteiger partial charge in [-0.1, -0.05) is 11.6 Å². The Kier molecular flexibility index (Phi) is 5.25. The zero-order valence-corrected chi connectivity index (χ0v) is 10.5. The zero-order valence-electron chi connectivity index (χ0n) is 9.74. The Morgan fingerprint density at radius 1 is 1.59 bits per heavy atom. The third-order valence-corrected chi connectivity index (χ3v) is 2.78. The largest absolute Gasteiger partial charge is 0.508 e. The summed E-state index contributed by atoms with van der Waals surface area (Å²) in [6.07, 6.45) is 1.50. The van der Waals surface area contributed by atoms with Crippen LogP contribution in [0, 0.1) is 0 Å². The van der Waals surface area contributed by atoms with Gasteiger partial charge in [0, 0.05) is 5.02 Å². The van der Waals surface area contributed by atoms with Crippen LogP contribution in [0.4, 0.5) is 0 Å². The average Bonchev–Trinajstić information content (AvgIpc) is 2.28. The maximum Gasteiger partial charge on any atom is 0.234 e. The molecule has 0 heterocycles. The zero-order chi connectivity index (χ0) is 12.8. The number of carbonyl (C=O) groups excluding carboxylic acids is 1. The molecule has 1 aromatic carbocycles. The third-order valence-electron chi connectivity index (χ3n) is 2.54. The number of carbonyl (C=O) groups is 1. The fourth-order valence-corrected chi connectivity index (χ4v) is 1.65. The molecule has 1 aromatic rings. The van der Waals surface area contributed by atoms with E-state index in [9.17, 15) is 9.90 Å². The van der Waals surface area contributed by atoms with Gasteiger partial charge in [0.2, 0.25) is 5.91 Å². The Hall–Kier alpha value is -1.26. The number of rotatable bonds is 6. The van der Waals surface area contributed by atoms with Crippen LogP contribution in [-0.4, -0.2) is 23.6 Å². The van der Waals surface area contributed by atoms with E-state index >= 15 is 0 Å². The van der Waals surface area contributed by atoms with Gasteiger partial charge in [0.05, 0.1) is 6.04 Å². The molecule has 0 bridgehead atoms. The van der Waals surface area contributed by atoms with Crippen molar-refractivity contribution < 1.29 is 9.90 Å². The first-order valence-electron chi connectivity index (χ1n) is 5.51. The van der Waals surface area contributed by atoms with Crippen LogP contribution in [0.2, 0.25) is 5.02 Å². The minimum Gasteiger partial charge on any atom is -0.508 e. The van der Waals surface area contributed by atoms with E-state index in [-0.39, 0.29) is 17.7 Å². The highest BCUT2D eigenvalue weighted by Gasteiger charge is 2.07. The summed E-state index contributed by atoms with van der Waals surface area (Å²) in [6, 6.07) is 4.64. The van der Waals surface area contributed by atoms with Crippen LogP contribution in [0.15, 0.2) is 18.2 Å². The molecule has 1 atom stereocenters. The average molecular weight is 257 g/mol. The van der Waals surface area contributed by atoms with Crippen molar-refractivity contribution in [2.75, 3.05) is 6.54 Å². The van der Waals surface area contributed by atoms with Crippen LogP contribution in [0.5, 0.6) is 5.75 Å². The number of phenolic OH excluding ortho intramolecular Hbond substituents is 1. The van der Waals surface area contributed by atoms with E-state index < -0.39 is 0 Å². The smallest absolute Gasteiger partial charge is 0.234 e. The lowest BCUT2D eigenvalue weighted by Gasteiger charge is -2.10. The number of phenols is 1. The van der Waals surface area contributed by atoms with Crippen LogP contribution >= 0.6 is 11.6 Å². The monoisotopic (exact) mass is 256 g/mol. The van der Waals surface area contributed by atoms with Crippen LogP contribution in [0.1, 0.15) is 18.9 Å². The summed E-state index contributed by atoms with van der Waals surface area (Å²) in [7, 11) is 0. The molecular formula is C12H17ClN2O2. The van der Waals surface area contributed by atoms with Crippen molar-refractivity contribution in [2.45, 2.75) is 25.8 Å². The van der Waals surface area contributed by atoms with Gasteiger partial charge in [-0.05, 0) is 50.1 Å². The molecule has 17 heavy (non-hydrogen) atoms. The molecule has 4 N–H and O–H groups in total. The molecule has 0 aliphatic heterocycles. The molecule has 0 aliphatic carbocycles. The third kappa shape index (κ3) is 4.63. The number of nitrogens with two attached hydrogens (primary N) is 1. The van der Waals surface area contributed by atoms with Gasteiger partial charge in [-0.2, -0.15) is 0 Å². The van der Waals surface area contributed by atoms with E-state index in [4.69, 9.17) is 17.3 Å². The minimum absolute atomic E-state index is 0.248. The number of amides is 1. The van der Waals surface area contributed by atoms with Crippen LogP contribution in [0.3, 0.4) is 0 Å². The van der Waals surface area contributed by atoms with Crippen molar-refractivity contribution in [3.05, 3.63) is 28.8 Å². The Labute approximate surface area is 106 Å².